The molecule has 0 saturated heterocycles. The van der Waals surface area contributed by atoms with Crippen molar-refractivity contribution in [2.75, 3.05) is 7.11 Å². The van der Waals surface area contributed by atoms with E-state index in [0.29, 0.717) is 24.7 Å². The van der Waals surface area contributed by atoms with Crippen LogP contribution in [0.2, 0.25) is 0 Å². The van der Waals surface area contributed by atoms with E-state index in [1.165, 1.54) is 0 Å². The highest BCUT2D eigenvalue weighted by Crippen LogP contribution is 2.28. The molecule has 0 unspecified atom stereocenters. The molecule has 3 rings (SSSR count). The number of fused-ring (bicyclic) bond motifs is 1. The molecule has 4 heteroatoms. The molecule has 0 bridgehead atoms. The van der Waals surface area contributed by atoms with Crippen LogP contribution >= 0.6 is 0 Å². The predicted octanol–water partition coefficient (Wildman–Crippen LogP) is 3.48. The highest BCUT2D eigenvalue weighted by Gasteiger charge is 2.09. The molecule has 0 aliphatic rings. The number of hydrogen-bond donors (Lipinski definition) is 1. The van der Waals surface area contributed by atoms with Crippen molar-refractivity contribution in [3.63, 3.8) is 0 Å². The van der Waals surface area contributed by atoms with E-state index in [2.05, 4.69) is 0 Å². The Morgan fingerprint density at radius 1 is 1.10 bits per heavy atom. The van der Waals surface area contributed by atoms with Crippen LogP contribution in [0.15, 0.2) is 53.1 Å². The van der Waals surface area contributed by atoms with E-state index < -0.39 is 0 Å². The molecular formula is C17H17NO3. The first-order chi connectivity index (χ1) is 10.3. The van der Waals surface area contributed by atoms with Crippen LogP contribution in [0.4, 0.5) is 0 Å². The van der Waals surface area contributed by atoms with Gasteiger partial charge in [0.15, 0.2) is 11.5 Å². The molecule has 2 N–H and O–H groups in total. The largest absolute Gasteiger partial charge is 0.493 e. The van der Waals surface area contributed by atoms with Crippen LogP contribution in [-0.2, 0) is 13.2 Å². The Kier molecular flexibility index (Phi) is 3.79. The first-order valence-electron chi connectivity index (χ1n) is 6.76. The van der Waals surface area contributed by atoms with Gasteiger partial charge < -0.3 is 19.6 Å². The first-order valence-corrected chi connectivity index (χ1v) is 6.76. The van der Waals surface area contributed by atoms with E-state index in [0.717, 1.165) is 22.1 Å². The highest BCUT2D eigenvalue weighted by atomic mass is 16.5. The third-order valence-electron chi connectivity index (χ3n) is 3.41. The summed E-state index contributed by atoms with van der Waals surface area (Å²) in [7, 11) is 1.63. The lowest BCUT2D eigenvalue weighted by atomic mass is 10.1. The van der Waals surface area contributed by atoms with Crippen LogP contribution in [-0.4, -0.2) is 7.11 Å². The van der Waals surface area contributed by atoms with Gasteiger partial charge in [0, 0.05) is 17.5 Å². The smallest absolute Gasteiger partial charge is 0.161 e. The molecule has 0 amide bonds. The summed E-state index contributed by atoms with van der Waals surface area (Å²) >= 11 is 0. The summed E-state index contributed by atoms with van der Waals surface area (Å²) in [6.07, 6.45) is 1.72. The zero-order valence-corrected chi connectivity index (χ0v) is 11.8. The van der Waals surface area contributed by atoms with Crippen molar-refractivity contribution in [1.29, 1.82) is 0 Å². The van der Waals surface area contributed by atoms with Crippen molar-refractivity contribution >= 4 is 11.0 Å². The van der Waals surface area contributed by atoms with Gasteiger partial charge in [0.1, 0.15) is 12.2 Å². The van der Waals surface area contributed by atoms with E-state index in [-0.39, 0.29) is 0 Å². The minimum Gasteiger partial charge on any atom is -0.493 e. The van der Waals surface area contributed by atoms with E-state index in [1.807, 2.05) is 42.5 Å². The van der Waals surface area contributed by atoms with Crippen molar-refractivity contribution in [3.8, 4) is 11.5 Å². The fourth-order valence-electron chi connectivity index (χ4n) is 2.26. The van der Waals surface area contributed by atoms with Crippen LogP contribution in [0.25, 0.3) is 11.0 Å². The Hall–Kier alpha value is -2.46. The number of para-hydroxylation sites is 2. The first kappa shape index (κ1) is 13.5. The second kappa shape index (κ2) is 5.89. The highest BCUT2D eigenvalue weighted by molar-refractivity contribution is 5.81. The topological polar surface area (TPSA) is 57.6 Å². The van der Waals surface area contributed by atoms with Gasteiger partial charge in [-0.25, -0.2) is 0 Å². The molecule has 0 spiro atoms. The number of nitrogens with two attached hydrogens (primary N) is 1. The third-order valence-corrected chi connectivity index (χ3v) is 3.41. The average molecular weight is 283 g/mol. The van der Waals surface area contributed by atoms with Gasteiger partial charge >= 0.3 is 0 Å². The average Bonchev–Trinajstić information content (AvgIpc) is 2.95. The van der Waals surface area contributed by atoms with Crippen LogP contribution in [0, 0.1) is 0 Å². The van der Waals surface area contributed by atoms with E-state index in [4.69, 9.17) is 19.6 Å². The Balaban J connectivity index is 1.85. The van der Waals surface area contributed by atoms with Crippen LogP contribution in [0.5, 0.6) is 11.5 Å². The zero-order valence-electron chi connectivity index (χ0n) is 11.8. The molecule has 0 fully saturated rings. The molecule has 108 valence electrons. The van der Waals surface area contributed by atoms with Gasteiger partial charge in [0.05, 0.1) is 13.4 Å². The third kappa shape index (κ3) is 2.71. The minimum absolute atomic E-state index is 0.418. The maximum Gasteiger partial charge on any atom is 0.161 e. The molecule has 0 aliphatic carbocycles. The molecule has 21 heavy (non-hydrogen) atoms. The Labute approximate surface area is 123 Å². The lowest BCUT2D eigenvalue weighted by Crippen LogP contribution is -1.98. The summed E-state index contributed by atoms with van der Waals surface area (Å²) in [6.45, 7) is 0.926. The monoisotopic (exact) mass is 283 g/mol. The van der Waals surface area contributed by atoms with Crippen LogP contribution < -0.4 is 15.2 Å². The normalized spacial score (nSPS) is 10.8. The molecule has 4 nitrogen and oxygen atoms in total. The lowest BCUT2D eigenvalue weighted by Gasteiger charge is -2.09. The number of furan rings is 1. The SMILES string of the molecule is COc1ccccc1OCc1coc2ccc(CN)cc12. The van der Waals surface area contributed by atoms with E-state index in [9.17, 15) is 0 Å². The fourth-order valence-corrected chi connectivity index (χ4v) is 2.26. The van der Waals surface area contributed by atoms with Gasteiger partial charge in [0.25, 0.3) is 0 Å². The number of ether oxygens (including phenoxy) is 2. The number of benzene rings is 2. The van der Waals surface area contributed by atoms with Crippen LogP contribution in [0.3, 0.4) is 0 Å². The fraction of sp³-hybridized carbons (Fsp3) is 0.176. The van der Waals surface area contributed by atoms with Crippen molar-refractivity contribution in [1.82, 2.24) is 0 Å². The molecule has 0 atom stereocenters. The maximum atomic E-state index is 5.84. The quantitative estimate of drug-likeness (QED) is 0.779. The van der Waals surface area contributed by atoms with Crippen molar-refractivity contribution in [2.45, 2.75) is 13.2 Å². The molecule has 3 aromatic rings. The molecule has 1 aromatic heterocycles. The van der Waals surface area contributed by atoms with E-state index >= 15 is 0 Å². The Morgan fingerprint density at radius 2 is 1.90 bits per heavy atom. The number of rotatable bonds is 5. The predicted molar refractivity (Wildman–Crippen MR) is 81.4 cm³/mol. The van der Waals surface area contributed by atoms with E-state index in [1.54, 1.807) is 13.4 Å². The van der Waals surface area contributed by atoms with Crippen LogP contribution in [0.1, 0.15) is 11.1 Å². The van der Waals surface area contributed by atoms with Crippen molar-refractivity contribution in [3.05, 3.63) is 59.9 Å². The summed E-state index contributed by atoms with van der Waals surface area (Å²) in [5.74, 6) is 1.43. The summed E-state index contributed by atoms with van der Waals surface area (Å²) in [5.41, 5.74) is 8.59. The second-order valence-corrected chi connectivity index (χ2v) is 4.74. The Bertz CT molecular complexity index is 749. The van der Waals surface area contributed by atoms with Gasteiger partial charge in [-0.1, -0.05) is 18.2 Å². The van der Waals surface area contributed by atoms with Gasteiger partial charge in [0.2, 0.25) is 0 Å². The summed E-state index contributed by atoms with van der Waals surface area (Å²) < 4.78 is 16.7. The summed E-state index contributed by atoms with van der Waals surface area (Å²) in [6, 6.07) is 13.5. The standard InChI is InChI=1S/C17H17NO3/c1-19-16-4-2-3-5-17(16)21-11-13-10-20-15-7-6-12(9-18)8-14(13)15/h2-8,10H,9,11,18H2,1H3. The van der Waals surface area contributed by atoms with Gasteiger partial charge in [-0.15, -0.1) is 0 Å². The van der Waals surface area contributed by atoms with Gasteiger partial charge in [-0.3, -0.25) is 0 Å². The molecule has 0 aliphatic heterocycles. The van der Waals surface area contributed by atoms with Gasteiger partial charge in [-0.2, -0.15) is 0 Å². The second-order valence-electron chi connectivity index (χ2n) is 4.74. The van der Waals surface area contributed by atoms with Crippen molar-refractivity contribution < 1.29 is 13.9 Å². The molecule has 0 saturated carbocycles. The van der Waals surface area contributed by atoms with Gasteiger partial charge in [-0.05, 0) is 29.8 Å². The lowest BCUT2D eigenvalue weighted by molar-refractivity contribution is 0.284. The molecule has 0 radical (unpaired) electrons. The number of methoxy groups -OCH3 is 1. The Morgan fingerprint density at radius 3 is 2.67 bits per heavy atom. The molecule has 1 heterocycles. The molecule has 2 aromatic carbocycles. The number of hydrogen-bond acceptors (Lipinski definition) is 4. The summed E-state index contributed by atoms with van der Waals surface area (Å²) in [5, 5.41) is 1.04. The minimum atomic E-state index is 0.418. The van der Waals surface area contributed by atoms with Crippen molar-refractivity contribution in [2.24, 2.45) is 5.73 Å². The summed E-state index contributed by atoms with van der Waals surface area (Å²) in [4.78, 5) is 0. The maximum absolute atomic E-state index is 5.84. The zero-order chi connectivity index (χ0) is 14.7. The molecular weight excluding hydrogens is 266 g/mol.